The van der Waals surface area contributed by atoms with Crippen molar-refractivity contribution in [1.82, 2.24) is 0 Å². The topological polar surface area (TPSA) is 231 Å². The van der Waals surface area contributed by atoms with E-state index >= 15 is 0 Å². The summed E-state index contributed by atoms with van der Waals surface area (Å²) in [6.45, 7) is 2.64. The maximum absolute atomic E-state index is 13.1. The van der Waals surface area contributed by atoms with Crippen molar-refractivity contribution in [2.24, 2.45) is 0 Å². The lowest BCUT2D eigenvalue weighted by atomic mass is 10.0. The second-order valence-corrected chi connectivity index (χ2v) is 33.7. The van der Waals surface area contributed by atoms with Crippen LogP contribution < -0.4 is 0 Å². The van der Waals surface area contributed by atoms with Crippen molar-refractivity contribution in [1.29, 1.82) is 0 Å². The first-order valence-corrected chi connectivity index (χ1v) is 49.1. The number of carbonyl (C=O) groups is 3. The zero-order valence-electron chi connectivity index (χ0n) is 72.9. The summed E-state index contributed by atoms with van der Waals surface area (Å²) in [5, 5.41) is 20.7. The number of hydrogen-bond donors (Lipinski definition) is 4. The number of allylic oxidation sites excluding steroid dienone is 24. The third kappa shape index (κ3) is 90.0. The third-order valence-corrected chi connectivity index (χ3v) is 21.4. The van der Waals surface area contributed by atoms with Gasteiger partial charge in [0.25, 0.3) is 0 Å². The summed E-state index contributed by atoms with van der Waals surface area (Å²) < 4.78 is 61.5. The van der Waals surface area contributed by atoms with Gasteiger partial charge in [0, 0.05) is 19.3 Å². The Bertz CT molecular complexity index is 2670. The normalized spacial score (nSPS) is 14.5. The fourth-order valence-electron chi connectivity index (χ4n) is 12.5. The average molecular weight is 1650 g/mol. The summed E-state index contributed by atoms with van der Waals surface area (Å²) in [5.74, 6) is -1.58. The van der Waals surface area contributed by atoms with Crippen molar-refractivity contribution in [2.75, 3.05) is 39.6 Å². The fourth-order valence-corrected chi connectivity index (χ4v) is 14.1. The first kappa shape index (κ1) is 110. The van der Waals surface area contributed by atoms with Crippen LogP contribution in [-0.4, -0.2) is 95.9 Å². The lowest BCUT2D eigenvalue weighted by molar-refractivity contribution is -0.161. The van der Waals surface area contributed by atoms with E-state index in [2.05, 4.69) is 167 Å². The van der Waals surface area contributed by atoms with Gasteiger partial charge < -0.3 is 34.2 Å². The number of hydrogen-bond acceptors (Lipinski definition) is 14. The molecule has 18 heteroatoms. The summed E-state index contributed by atoms with van der Waals surface area (Å²) in [6.07, 6.45) is 112. The Kier molecular flexibility index (Phi) is 85.2. The van der Waals surface area contributed by atoms with Crippen LogP contribution >= 0.6 is 15.6 Å². The number of ether oxygens (including phenoxy) is 3. The summed E-state index contributed by atoms with van der Waals surface area (Å²) in [5.41, 5.74) is 0. The molecule has 0 bridgehead atoms. The van der Waals surface area contributed by atoms with Crippen molar-refractivity contribution in [3.05, 3.63) is 146 Å². The minimum Gasteiger partial charge on any atom is -0.463 e. The van der Waals surface area contributed by atoms with Crippen LogP contribution in [0.5, 0.6) is 0 Å². The highest BCUT2D eigenvalue weighted by Crippen LogP contribution is 2.45. The molecule has 0 rings (SSSR count). The van der Waals surface area contributed by atoms with Gasteiger partial charge in [-0.15, -0.1) is 0 Å². The maximum Gasteiger partial charge on any atom is 0.472 e. The number of phosphoric acid groups is 2. The molecule has 0 heterocycles. The van der Waals surface area contributed by atoms with Crippen LogP contribution in [0.15, 0.2) is 146 Å². The summed E-state index contributed by atoms with van der Waals surface area (Å²) >= 11 is 0. The average Bonchev–Trinajstić information content (AvgIpc) is 0.902. The van der Waals surface area contributed by atoms with Crippen molar-refractivity contribution in [2.45, 2.75) is 411 Å². The van der Waals surface area contributed by atoms with E-state index in [1.165, 1.54) is 186 Å². The quantitative estimate of drug-likeness (QED) is 0.0146. The molecule has 0 aliphatic rings. The van der Waals surface area contributed by atoms with E-state index in [1.54, 1.807) is 0 Å². The maximum atomic E-state index is 13.1. The largest absolute Gasteiger partial charge is 0.472 e. The van der Waals surface area contributed by atoms with Gasteiger partial charge in [0.2, 0.25) is 0 Å². The number of rotatable bonds is 87. The molecule has 0 saturated carbocycles. The summed E-state index contributed by atoms with van der Waals surface area (Å²) in [6, 6.07) is 0. The van der Waals surface area contributed by atoms with E-state index < -0.39 is 91.5 Å². The Morgan fingerprint density at radius 2 is 0.435 bits per heavy atom. The SMILES string of the molecule is CCCCC/C=C\C/C=C\C/C=C\C/C=C\CCCCCCCCCCCCCCCC(=O)OCC(O)COP(=O)(O)OCC(O)COP(=O)(O)OCC(COC(=O)CCCCCCCCCCC/C=C\C/C=C\C/C=C\C/C=C\CCCCC)OC(=O)CCCCCCCCCCC/C=C\C/C=C\C/C=C\C/C=C\CCCCC. The molecular formula is C97H168O16P2. The lowest BCUT2D eigenvalue weighted by Gasteiger charge is -2.21. The molecule has 0 spiro atoms. The van der Waals surface area contributed by atoms with Crippen LogP contribution in [0.2, 0.25) is 0 Å². The molecule has 0 aromatic carbocycles. The fraction of sp³-hybridized carbons (Fsp3) is 0.722. The van der Waals surface area contributed by atoms with E-state index in [9.17, 15) is 43.5 Å². The van der Waals surface area contributed by atoms with Crippen LogP contribution in [0, 0.1) is 0 Å². The molecule has 115 heavy (non-hydrogen) atoms. The molecule has 0 fully saturated rings. The minimum absolute atomic E-state index is 0.0928. The number of aliphatic hydroxyl groups is 2. The highest BCUT2D eigenvalue weighted by atomic mass is 31.2. The Morgan fingerprint density at radius 3 is 0.687 bits per heavy atom. The molecular weight excluding hydrogens is 1480 g/mol. The number of aliphatic hydroxyl groups excluding tert-OH is 2. The Labute approximate surface area is 702 Å². The predicted octanol–water partition coefficient (Wildman–Crippen LogP) is 28.3. The van der Waals surface area contributed by atoms with Gasteiger partial charge >= 0.3 is 33.6 Å². The predicted molar refractivity (Wildman–Crippen MR) is 482 cm³/mol. The zero-order valence-corrected chi connectivity index (χ0v) is 74.7. The number of unbranched alkanes of at least 4 members (excludes halogenated alkanes) is 40. The van der Waals surface area contributed by atoms with Crippen LogP contribution in [0.3, 0.4) is 0 Å². The highest BCUT2D eigenvalue weighted by molar-refractivity contribution is 7.47. The third-order valence-electron chi connectivity index (χ3n) is 19.5. The van der Waals surface area contributed by atoms with Crippen LogP contribution in [0.4, 0.5) is 0 Å². The molecule has 5 atom stereocenters. The van der Waals surface area contributed by atoms with E-state index in [0.29, 0.717) is 19.3 Å². The molecule has 0 aliphatic carbocycles. The molecule has 0 radical (unpaired) electrons. The molecule has 662 valence electrons. The summed E-state index contributed by atoms with van der Waals surface area (Å²) in [7, 11) is -9.81. The summed E-state index contributed by atoms with van der Waals surface area (Å²) in [4.78, 5) is 59.0. The molecule has 5 unspecified atom stereocenters. The molecule has 0 aromatic rings. The van der Waals surface area contributed by atoms with Gasteiger partial charge in [0.1, 0.15) is 25.4 Å². The smallest absolute Gasteiger partial charge is 0.463 e. The number of phosphoric ester groups is 2. The molecule has 0 aromatic heterocycles. The van der Waals surface area contributed by atoms with Gasteiger partial charge in [-0.25, -0.2) is 9.13 Å². The van der Waals surface area contributed by atoms with Crippen molar-refractivity contribution >= 4 is 33.6 Å². The monoisotopic (exact) mass is 1650 g/mol. The highest BCUT2D eigenvalue weighted by Gasteiger charge is 2.29. The standard InChI is InChI=1S/C97H168O16P2/c1-4-7-10-13-16-19-22-25-28-31-34-37-40-43-44-45-46-49-51-53-56-59-62-65-68-71-74-77-80-83-95(100)107-86-92(98)87-109-114(103,104)110-88-93(99)89-111-115(105,106)112-91-94(113-97(102)85-82-79-76-73-70-67-64-61-58-55-52-48-42-39-36-33-30-27-24-21-18-15-12-9-6-3)90-108-96(101)84-81-78-75-72-69-66-63-60-57-54-50-47-41-38-35-32-29-26-23-20-17-14-11-8-5-2/h16-21,25-30,34-39,43-44,47-48,50,52,92-94,98-99H,4-15,22-24,31-33,40-42,45-46,49,51,53-91H2,1-3H3,(H,103,104)(H,105,106)/b19-16-,20-17-,21-18-,28-25-,29-26-,30-27-,37-34-,38-35-,39-36-,44-43-,50-47-,52-48-. The number of esters is 3. The molecule has 0 aliphatic heterocycles. The Morgan fingerprint density at radius 1 is 0.243 bits per heavy atom. The number of carbonyl (C=O) groups excluding carboxylic acids is 3. The molecule has 0 amide bonds. The second-order valence-electron chi connectivity index (χ2n) is 30.7. The zero-order chi connectivity index (χ0) is 83.6. The van der Waals surface area contributed by atoms with Gasteiger partial charge in [0.05, 0.1) is 26.4 Å². The van der Waals surface area contributed by atoms with Crippen LogP contribution in [-0.2, 0) is 55.8 Å². The van der Waals surface area contributed by atoms with E-state index in [4.69, 9.17) is 32.3 Å². The van der Waals surface area contributed by atoms with Crippen LogP contribution in [0.1, 0.15) is 393 Å². The van der Waals surface area contributed by atoms with Crippen molar-refractivity contribution < 1.29 is 75.8 Å². The van der Waals surface area contributed by atoms with Crippen LogP contribution in [0.25, 0.3) is 0 Å². The molecule has 4 N–H and O–H groups in total. The van der Waals surface area contributed by atoms with Gasteiger partial charge in [-0.2, -0.15) is 0 Å². The van der Waals surface area contributed by atoms with E-state index in [0.717, 1.165) is 148 Å². The van der Waals surface area contributed by atoms with Gasteiger partial charge in [-0.05, 0) is 154 Å². The first-order chi connectivity index (χ1) is 56.2. The second kappa shape index (κ2) is 88.7. The van der Waals surface area contributed by atoms with Crippen molar-refractivity contribution in [3.8, 4) is 0 Å². The first-order valence-electron chi connectivity index (χ1n) is 46.1. The molecule has 16 nitrogen and oxygen atoms in total. The molecule has 0 saturated heterocycles. The van der Waals surface area contributed by atoms with Gasteiger partial charge in [-0.1, -0.05) is 366 Å². The van der Waals surface area contributed by atoms with E-state index in [1.807, 2.05) is 0 Å². The Hall–Kier alpha value is -4.57. The lowest BCUT2D eigenvalue weighted by Crippen LogP contribution is -2.30. The van der Waals surface area contributed by atoms with Gasteiger partial charge in [0.15, 0.2) is 6.10 Å². The van der Waals surface area contributed by atoms with E-state index in [-0.39, 0.29) is 19.3 Å². The Balaban J connectivity index is 4.65. The van der Waals surface area contributed by atoms with Gasteiger partial charge in [-0.3, -0.25) is 32.5 Å². The minimum atomic E-state index is -4.95. The van der Waals surface area contributed by atoms with Crippen molar-refractivity contribution in [3.63, 3.8) is 0 Å².